The summed E-state index contributed by atoms with van der Waals surface area (Å²) in [5.41, 5.74) is 0.798. The van der Waals surface area contributed by atoms with Crippen LogP contribution in [0.3, 0.4) is 0 Å². The fraction of sp³-hybridized carbons (Fsp3) is 0.200. The second-order valence-electron chi connectivity index (χ2n) is 3.99. The van der Waals surface area contributed by atoms with Gasteiger partial charge in [-0.3, -0.25) is 0 Å². The SMILES string of the molecule is Fc1cc(Br)cc(COCCOc2ccccc2)c1. The smallest absolute Gasteiger partial charge is 0.124 e. The maximum absolute atomic E-state index is 13.1. The zero-order valence-corrected chi connectivity index (χ0v) is 11.9. The quantitative estimate of drug-likeness (QED) is 0.742. The summed E-state index contributed by atoms with van der Waals surface area (Å²) in [5.74, 6) is 0.549. The first kappa shape index (κ1) is 14.0. The fourth-order valence-electron chi connectivity index (χ4n) is 1.62. The van der Waals surface area contributed by atoms with Crippen LogP contribution in [-0.2, 0) is 11.3 Å². The summed E-state index contributed by atoms with van der Waals surface area (Å²) in [6.07, 6.45) is 0. The van der Waals surface area contributed by atoms with Gasteiger partial charge in [0.25, 0.3) is 0 Å². The number of para-hydroxylation sites is 1. The number of benzene rings is 2. The molecule has 0 aliphatic carbocycles. The summed E-state index contributed by atoms with van der Waals surface area (Å²) >= 11 is 3.25. The van der Waals surface area contributed by atoms with Crippen LogP contribution in [0.15, 0.2) is 53.0 Å². The Labute approximate surface area is 120 Å². The van der Waals surface area contributed by atoms with E-state index in [1.807, 2.05) is 36.4 Å². The number of halogens is 2. The molecule has 0 saturated carbocycles. The van der Waals surface area contributed by atoms with Gasteiger partial charge in [-0.05, 0) is 35.9 Å². The third-order valence-electron chi connectivity index (χ3n) is 2.43. The minimum atomic E-state index is -0.270. The van der Waals surface area contributed by atoms with Crippen molar-refractivity contribution in [1.82, 2.24) is 0 Å². The van der Waals surface area contributed by atoms with Crippen molar-refractivity contribution in [3.63, 3.8) is 0 Å². The Morgan fingerprint density at radius 3 is 2.53 bits per heavy atom. The summed E-state index contributed by atoms with van der Waals surface area (Å²) in [7, 11) is 0. The molecule has 2 aromatic rings. The summed E-state index contributed by atoms with van der Waals surface area (Å²) < 4.78 is 24.8. The van der Waals surface area contributed by atoms with Crippen molar-refractivity contribution in [1.29, 1.82) is 0 Å². The summed E-state index contributed by atoms with van der Waals surface area (Å²) in [5, 5.41) is 0. The van der Waals surface area contributed by atoms with Crippen LogP contribution < -0.4 is 4.74 Å². The lowest BCUT2D eigenvalue weighted by Gasteiger charge is -2.07. The van der Waals surface area contributed by atoms with Crippen molar-refractivity contribution in [2.24, 2.45) is 0 Å². The van der Waals surface area contributed by atoms with Crippen LogP contribution in [0.4, 0.5) is 4.39 Å². The van der Waals surface area contributed by atoms with E-state index in [1.54, 1.807) is 0 Å². The lowest BCUT2D eigenvalue weighted by atomic mass is 10.2. The molecule has 2 aromatic carbocycles. The Morgan fingerprint density at radius 2 is 1.79 bits per heavy atom. The van der Waals surface area contributed by atoms with Gasteiger partial charge in [0.05, 0.1) is 13.2 Å². The molecule has 0 atom stereocenters. The molecule has 0 aromatic heterocycles. The lowest BCUT2D eigenvalue weighted by molar-refractivity contribution is 0.0887. The van der Waals surface area contributed by atoms with E-state index in [4.69, 9.17) is 9.47 Å². The summed E-state index contributed by atoms with van der Waals surface area (Å²) in [6, 6.07) is 14.3. The standard InChI is InChI=1S/C15H14BrFO2/c16-13-8-12(9-14(17)10-13)11-18-6-7-19-15-4-2-1-3-5-15/h1-5,8-10H,6-7,11H2. The van der Waals surface area contributed by atoms with Gasteiger partial charge in [0.1, 0.15) is 18.2 Å². The molecule has 19 heavy (non-hydrogen) atoms. The molecule has 0 bridgehead atoms. The first-order valence-corrected chi connectivity index (χ1v) is 6.74. The van der Waals surface area contributed by atoms with Crippen LogP contribution in [0.25, 0.3) is 0 Å². The van der Waals surface area contributed by atoms with E-state index in [-0.39, 0.29) is 5.82 Å². The van der Waals surface area contributed by atoms with E-state index in [0.717, 1.165) is 11.3 Å². The van der Waals surface area contributed by atoms with Gasteiger partial charge in [0.2, 0.25) is 0 Å². The Hall–Kier alpha value is -1.39. The van der Waals surface area contributed by atoms with Gasteiger partial charge in [-0.1, -0.05) is 34.1 Å². The normalized spacial score (nSPS) is 10.4. The molecule has 0 fully saturated rings. The monoisotopic (exact) mass is 324 g/mol. The van der Waals surface area contributed by atoms with Crippen molar-refractivity contribution < 1.29 is 13.9 Å². The molecule has 2 rings (SSSR count). The molecule has 0 unspecified atom stereocenters. The zero-order chi connectivity index (χ0) is 13.5. The lowest BCUT2D eigenvalue weighted by Crippen LogP contribution is -2.06. The second kappa shape index (κ2) is 7.26. The molecule has 0 aliphatic heterocycles. The molecule has 0 radical (unpaired) electrons. The average Bonchev–Trinajstić information content (AvgIpc) is 2.38. The van der Waals surface area contributed by atoms with Gasteiger partial charge in [-0.15, -0.1) is 0 Å². The molecular weight excluding hydrogens is 311 g/mol. The maximum Gasteiger partial charge on any atom is 0.124 e. The van der Waals surface area contributed by atoms with Crippen molar-refractivity contribution in [2.75, 3.05) is 13.2 Å². The van der Waals surface area contributed by atoms with Gasteiger partial charge in [-0.2, -0.15) is 0 Å². The van der Waals surface area contributed by atoms with Crippen molar-refractivity contribution in [3.05, 3.63) is 64.4 Å². The first-order chi connectivity index (χ1) is 9.24. The second-order valence-corrected chi connectivity index (χ2v) is 4.91. The van der Waals surface area contributed by atoms with Crippen LogP contribution in [0.1, 0.15) is 5.56 Å². The first-order valence-electron chi connectivity index (χ1n) is 5.94. The molecule has 2 nitrogen and oxygen atoms in total. The Kier molecular flexibility index (Phi) is 5.36. The highest BCUT2D eigenvalue weighted by atomic mass is 79.9. The molecule has 0 heterocycles. The van der Waals surface area contributed by atoms with E-state index in [0.29, 0.717) is 24.3 Å². The summed E-state index contributed by atoms with van der Waals surface area (Å²) in [4.78, 5) is 0. The van der Waals surface area contributed by atoms with Crippen molar-refractivity contribution >= 4 is 15.9 Å². The predicted octanol–water partition coefficient (Wildman–Crippen LogP) is 4.18. The van der Waals surface area contributed by atoms with E-state index in [2.05, 4.69) is 15.9 Å². The van der Waals surface area contributed by atoms with E-state index in [1.165, 1.54) is 12.1 Å². The summed E-state index contributed by atoms with van der Waals surface area (Å²) in [6.45, 7) is 1.30. The Balaban J connectivity index is 1.69. The highest BCUT2D eigenvalue weighted by Gasteiger charge is 1.99. The highest BCUT2D eigenvalue weighted by molar-refractivity contribution is 9.10. The van der Waals surface area contributed by atoms with Crippen molar-refractivity contribution in [3.8, 4) is 5.75 Å². The van der Waals surface area contributed by atoms with E-state index in [9.17, 15) is 4.39 Å². The molecule has 0 amide bonds. The minimum absolute atomic E-state index is 0.270. The number of hydrogen-bond donors (Lipinski definition) is 0. The number of ether oxygens (including phenoxy) is 2. The Morgan fingerprint density at radius 1 is 1.00 bits per heavy atom. The fourth-order valence-corrected chi connectivity index (χ4v) is 2.13. The largest absolute Gasteiger partial charge is 0.491 e. The highest BCUT2D eigenvalue weighted by Crippen LogP contribution is 2.15. The molecular formula is C15H14BrFO2. The van der Waals surface area contributed by atoms with E-state index < -0.39 is 0 Å². The van der Waals surface area contributed by atoms with Gasteiger partial charge in [0, 0.05) is 4.47 Å². The maximum atomic E-state index is 13.1. The molecule has 100 valence electrons. The van der Waals surface area contributed by atoms with E-state index >= 15 is 0 Å². The Bertz CT molecular complexity index is 497. The number of hydrogen-bond acceptors (Lipinski definition) is 2. The van der Waals surface area contributed by atoms with Gasteiger partial charge in [-0.25, -0.2) is 4.39 Å². The van der Waals surface area contributed by atoms with Crippen molar-refractivity contribution in [2.45, 2.75) is 6.61 Å². The number of rotatable bonds is 6. The molecule has 4 heteroatoms. The van der Waals surface area contributed by atoms with Gasteiger partial charge < -0.3 is 9.47 Å². The zero-order valence-electron chi connectivity index (χ0n) is 10.3. The predicted molar refractivity (Wildman–Crippen MR) is 75.7 cm³/mol. The van der Waals surface area contributed by atoms with Crippen LogP contribution in [0.2, 0.25) is 0 Å². The van der Waals surface area contributed by atoms with Crippen LogP contribution in [0.5, 0.6) is 5.75 Å². The van der Waals surface area contributed by atoms with Gasteiger partial charge >= 0.3 is 0 Å². The van der Waals surface area contributed by atoms with Crippen LogP contribution >= 0.6 is 15.9 Å². The van der Waals surface area contributed by atoms with Crippen LogP contribution in [-0.4, -0.2) is 13.2 Å². The topological polar surface area (TPSA) is 18.5 Å². The molecule has 0 N–H and O–H groups in total. The molecule has 0 spiro atoms. The van der Waals surface area contributed by atoms with Gasteiger partial charge in [0.15, 0.2) is 0 Å². The third kappa shape index (κ3) is 5.01. The molecule has 0 saturated heterocycles. The minimum Gasteiger partial charge on any atom is -0.491 e. The third-order valence-corrected chi connectivity index (χ3v) is 2.89. The molecule has 0 aliphatic rings. The average molecular weight is 325 g/mol. The van der Waals surface area contributed by atoms with Crippen LogP contribution in [0, 0.1) is 5.82 Å².